The van der Waals surface area contributed by atoms with Crippen molar-refractivity contribution in [1.29, 1.82) is 0 Å². The summed E-state index contributed by atoms with van der Waals surface area (Å²) in [5.41, 5.74) is 5.53. The molecule has 0 radical (unpaired) electrons. The first kappa shape index (κ1) is 10.8. The summed E-state index contributed by atoms with van der Waals surface area (Å²) in [5.74, 6) is 0.856. The van der Waals surface area contributed by atoms with Gasteiger partial charge in [0.2, 0.25) is 5.95 Å². The molecule has 1 aromatic rings. The lowest BCUT2D eigenvalue weighted by Gasteiger charge is -2.20. The molecule has 2 N–H and O–H groups in total. The third-order valence-electron chi connectivity index (χ3n) is 1.93. The van der Waals surface area contributed by atoms with E-state index in [1.807, 2.05) is 18.9 Å². The van der Waals surface area contributed by atoms with E-state index in [4.69, 9.17) is 18.0 Å². The van der Waals surface area contributed by atoms with Gasteiger partial charge in [0.25, 0.3) is 0 Å². The first-order chi connectivity index (χ1) is 6.61. The molecular weight excluding hydrogens is 196 g/mol. The first-order valence-electron chi connectivity index (χ1n) is 4.38. The van der Waals surface area contributed by atoms with Gasteiger partial charge in [-0.1, -0.05) is 19.1 Å². The maximum Gasteiger partial charge on any atom is 0.224 e. The molecule has 0 amide bonds. The largest absolute Gasteiger partial charge is 0.393 e. The highest BCUT2D eigenvalue weighted by Crippen LogP contribution is 2.05. The van der Waals surface area contributed by atoms with Gasteiger partial charge < -0.3 is 10.6 Å². The van der Waals surface area contributed by atoms with Crippen molar-refractivity contribution in [3.8, 4) is 0 Å². The van der Waals surface area contributed by atoms with Gasteiger partial charge in [-0.3, -0.25) is 0 Å². The van der Waals surface area contributed by atoms with Gasteiger partial charge >= 0.3 is 0 Å². The Morgan fingerprint density at radius 2 is 2.14 bits per heavy atom. The summed E-state index contributed by atoms with van der Waals surface area (Å²) in [6.07, 6.45) is 3.43. The lowest BCUT2D eigenvalue weighted by atomic mass is 10.2. The van der Waals surface area contributed by atoms with Gasteiger partial charge in [-0.2, -0.15) is 0 Å². The first-order valence-corrected chi connectivity index (χ1v) is 4.79. The van der Waals surface area contributed by atoms with Crippen LogP contribution in [0.15, 0.2) is 18.5 Å². The van der Waals surface area contributed by atoms with Crippen molar-refractivity contribution in [2.75, 3.05) is 18.5 Å². The van der Waals surface area contributed by atoms with Crippen molar-refractivity contribution < 1.29 is 0 Å². The Labute approximate surface area is 89.2 Å². The molecule has 5 heteroatoms. The summed E-state index contributed by atoms with van der Waals surface area (Å²) in [5, 5.41) is 0. The molecule has 0 saturated heterocycles. The van der Waals surface area contributed by atoms with Crippen LogP contribution in [0.1, 0.15) is 6.92 Å². The molecule has 1 aromatic heterocycles. The number of aromatic nitrogens is 2. The standard InChI is InChI=1S/C9H14N4S/c1-7(8(10)14)6-13(2)9-11-4-3-5-12-9/h3-5,7H,6H2,1-2H3,(H2,10,14). The van der Waals surface area contributed by atoms with Crippen LogP contribution in [0.3, 0.4) is 0 Å². The number of hydrogen-bond acceptors (Lipinski definition) is 4. The van der Waals surface area contributed by atoms with Crippen LogP contribution in [0, 0.1) is 5.92 Å². The Bertz CT molecular complexity index is 301. The third kappa shape index (κ3) is 2.92. The van der Waals surface area contributed by atoms with Crippen LogP contribution >= 0.6 is 12.2 Å². The number of hydrogen-bond donors (Lipinski definition) is 1. The van der Waals surface area contributed by atoms with E-state index in [9.17, 15) is 0 Å². The zero-order valence-electron chi connectivity index (χ0n) is 8.34. The lowest BCUT2D eigenvalue weighted by molar-refractivity contribution is 0.726. The second-order valence-corrected chi connectivity index (χ2v) is 3.70. The fraction of sp³-hybridized carbons (Fsp3) is 0.444. The Kier molecular flexibility index (Phi) is 3.76. The normalized spacial score (nSPS) is 12.1. The van der Waals surface area contributed by atoms with Gasteiger partial charge in [0.15, 0.2) is 0 Å². The van der Waals surface area contributed by atoms with Crippen LogP contribution in [-0.2, 0) is 0 Å². The SMILES string of the molecule is CC(CN(C)c1ncccn1)C(N)=S. The molecule has 14 heavy (non-hydrogen) atoms. The highest BCUT2D eigenvalue weighted by atomic mass is 32.1. The van der Waals surface area contributed by atoms with Crippen LogP contribution in [0.5, 0.6) is 0 Å². The molecule has 1 heterocycles. The maximum atomic E-state index is 5.53. The maximum absolute atomic E-state index is 5.53. The van der Waals surface area contributed by atoms with Crippen molar-refractivity contribution in [2.45, 2.75) is 6.92 Å². The summed E-state index contributed by atoms with van der Waals surface area (Å²) in [4.78, 5) is 10.7. The Morgan fingerprint density at radius 3 is 2.64 bits per heavy atom. The molecule has 0 aromatic carbocycles. The average molecular weight is 210 g/mol. The minimum atomic E-state index is 0.166. The molecule has 0 aliphatic heterocycles. The van der Waals surface area contributed by atoms with Crippen LogP contribution in [0.2, 0.25) is 0 Å². The van der Waals surface area contributed by atoms with E-state index in [-0.39, 0.29) is 5.92 Å². The molecule has 0 aliphatic rings. The molecule has 0 bridgehead atoms. The highest BCUT2D eigenvalue weighted by molar-refractivity contribution is 7.80. The third-order valence-corrected chi connectivity index (χ3v) is 2.33. The second kappa shape index (κ2) is 4.85. The molecule has 1 atom stereocenters. The Balaban J connectivity index is 2.59. The summed E-state index contributed by atoms with van der Waals surface area (Å²) in [6, 6.07) is 1.79. The van der Waals surface area contributed by atoms with Crippen LogP contribution in [-0.4, -0.2) is 28.5 Å². The van der Waals surface area contributed by atoms with Crippen molar-refractivity contribution in [3.05, 3.63) is 18.5 Å². The molecule has 76 valence electrons. The number of rotatable bonds is 4. The van der Waals surface area contributed by atoms with E-state index in [2.05, 4.69) is 9.97 Å². The molecule has 0 aliphatic carbocycles. The summed E-state index contributed by atoms with van der Waals surface area (Å²) in [6.45, 7) is 2.72. The van der Waals surface area contributed by atoms with Gasteiger partial charge in [-0.05, 0) is 6.07 Å². The van der Waals surface area contributed by atoms with Crippen LogP contribution in [0.4, 0.5) is 5.95 Å². The quantitative estimate of drug-likeness (QED) is 0.746. The van der Waals surface area contributed by atoms with Crippen molar-refractivity contribution in [3.63, 3.8) is 0 Å². The molecule has 1 unspecified atom stereocenters. The summed E-state index contributed by atoms with van der Waals surface area (Å²) >= 11 is 4.90. The number of nitrogens with two attached hydrogens (primary N) is 1. The fourth-order valence-corrected chi connectivity index (χ4v) is 1.15. The zero-order chi connectivity index (χ0) is 10.6. The van der Waals surface area contributed by atoms with E-state index >= 15 is 0 Å². The summed E-state index contributed by atoms with van der Waals surface area (Å²) < 4.78 is 0. The molecule has 1 rings (SSSR count). The molecule has 4 nitrogen and oxygen atoms in total. The van der Waals surface area contributed by atoms with E-state index in [0.717, 1.165) is 6.54 Å². The predicted octanol–water partition coefficient (Wildman–Crippen LogP) is 0.835. The average Bonchev–Trinajstić information content (AvgIpc) is 2.19. The molecule has 0 spiro atoms. The minimum Gasteiger partial charge on any atom is -0.393 e. The smallest absolute Gasteiger partial charge is 0.224 e. The van der Waals surface area contributed by atoms with Gasteiger partial charge in [-0.25, -0.2) is 9.97 Å². The van der Waals surface area contributed by atoms with Crippen molar-refractivity contribution in [1.82, 2.24) is 9.97 Å². The minimum absolute atomic E-state index is 0.166. The Morgan fingerprint density at radius 1 is 1.57 bits per heavy atom. The van der Waals surface area contributed by atoms with Crippen LogP contribution in [0.25, 0.3) is 0 Å². The number of anilines is 1. The number of thiocarbonyl (C=S) groups is 1. The second-order valence-electron chi connectivity index (χ2n) is 3.23. The monoisotopic (exact) mass is 210 g/mol. The predicted molar refractivity (Wildman–Crippen MR) is 61.3 cm³/mol. The van der Waals surface area contributed by atoms with Gasteiger partial charge in [0, 0.05) is 31.9 Å². The van der Waals surface area contributed by atoms with Crippen molar-refractivity contribution >= 4 is 23.2 Å². The van der Waals surface area contributed by atoms with Crippen molar-refractivity contribution in [2.24, 2.45) is 11.7 Å². The van der Waals surface area contributed by atoms with E-state index in [0.29, 0.717) is 10.9 Å². The van der Waals surface area contributed by atoms with E-state index in [1.165, 1.54) is 0 Å². The molecule has 0 fully saturated rings. The molecular formula is C9H14N4S. The van der Waals surface area contributed by atoms with E-state index < -0.39 is 0 Å². The highest BCUT2D eigenvalue weighted by Gasteiger charge is 2.10. The fourth-order valence-electron chi connectivity index (χ4n) is 1.07. The van der Waals surface area contributed by atoms with Gasteiger partial charge in [-0.15, -0.1) is 0 Å². The van der Waals surface area contributed by atoms with Gasteiger partial charge in [0.05, 0.1) is 4.99 Å². The molecule has 0 saturated carbocycles. The summed E-state index contributed by atoms with van der Waals surface area (Å²) in [7, 11) is 1.92. The lowest BCUT2D eigenvalue weighted by Crippen LogP contribution is -2.32. The van der Waals surface area contributed by atoms with Crippen LogP contribution < -0.4 is 10.6 Å². The zero-order valence-corrected chi connectivity index (χ0v) is 9.16. The van der Waals surface area contributed by atoms with Gasteiger partial charge in [0.1, 0.15) is 0 Å². The number of nitrogens with zero attached hydrogens (tertiary/aromatic N) is 3. The van der Waals surface area contributed by atoms with E-state index in [1.54, 1.807) is 18.5 Å². The Hall–Kier alpha value is -1.23. The topological polar surface area (TPSA) is 55.0 Å².